The smallest absolute Gasteiger partial charge is 0.191 e. The van der Waals surface area contributed by atoms with Crippen LogP contribution in [0, 0.1) is 0 Å². The topological polar surface area (TPSA) is 58.1 Å². The Kier molecular flexibility index (Phi) is 7.26. The van der Waals surface area contributed by atoms with Gasteiger partial charge in [-0.1, -0.05) is 18.0 Å². The molecule has 26 heavy (non-hydrogen) atoms. The number of nitrogens with one attached hydrogen (secondary N) is 2. The van der Waals surface area contributed by atoms with Crippen LogP contribution in [0.5, 0.6) is 11.5 Å². The minimum Gasteiger partial charge on any atom is -0.489 e. The predicted molar refractivity (Wildman–Crippen MR) is 106 cm³/mol. The van der Waals surface area contributed by atoms with Crippen molar-refractivity contribution in [3.05, 3.63) is 22.7 Å². The number of nitrogens with zero attached hydrogens (tertiary/aromatic N) is 2. The van der Waals surface area contributed by atoms with E-state index in [-0.39, 0.29) is 0 Å². The number of likely N-dealkylation sites (tertiary alicyclic amines) is 1. The second-order valence-electron chi connectivity index (χ2n) is 6.71. The van der Waals surface area contributed by atoms with Crippen molar-refractivity contribution in [2.75, 3.05) is 46.4 Å². The summed E-state index contributed by atoms with van der Waals surface area (Å²) >= 11 is 6.35. The molecule has 0 aromatic heterocycles. The summed E-state index contributed by atoms with van der Waals surface area (Å²) in [6.45, 7) is 6.28. The molecule has 0 amide bonds. The van der Waals surface area contributed by atoms with Gasteiger partial charge < -0.3 is 25.0 Å². The number of hydrogen-bond donors (Lipinski definition) is 2. The molecule has 3 rings (SSSR count). The van der Waals surface area contributed by atoms with Gasteiger partial charge in [-0.25, -0.2) is 0 Å². The first kappa shape index (κ1) is 19.1. The molecule has 2 aliphatic rings. The maximum absolute atomic E-state index is 6.35. The van der Waals surface area contributed by atoms with E-state index in [0.717, 1.165) is 36.8 Å². The highest BCUT2D eigenvalue weighted by molar-refractivity contribution is 6.32. The van der Waals surface area contributed by atoms with Crippen LogP contribution in [0.1, 0.15) is 31.2 Å². The maximum atomic E-state index is 6.35. The van der Waals surface area contributed by atoms with Gasteiger partial charge in [0.15, 0.2) is 17.5 Å². The molecule has 1 aromatic rings. The fourth-order valence-corrected chi connectivity index (χ4v) is 3.60. The van der Waals surface area contributed by atoms with Gasteiger partial charge in [0, 0.05) is 33.1 Å². The standard InChI is InChI=1S/C19H29ClN4O2/c1-21-19(22-6-9-24-7-3-2-4-8-24)23-14-15-12-16(20)18-17(13-15)25-10-5-11-26-18/h12-13H,2-11,14H2,1H3,(H2,21,22,23). The molecular formula is C19H29ClN4O2. The number of hydrogen-bond acceptors (Lipinski definition) is 4. The average molecular weight is 381 g/mol. The molecule has 0 spiro atoms. The SMILES string of the molecule is CN=C(NCCN1CCCCC1)NCc1cc(Cl)c2c(c1)OCCCO2. The minimum absolute atomic E-state index is 0.592. The highest BCUT2D eigenvalue weighted by Gasteiger charge is 2.16. The van der Waals surface area contributed by atoms with E-state index in [2.05, 4.69) is 20.5 Å². The number of guanidine groups is 1. The molecule has 0 bridgehead atoms. The maximum Gasteiger partial charge on any atom is 0.191 e. The first-order valence-electron chi connectivity index (χ1n) is 9.51. The van der Waals surface area contributed by atoms with Gasteiger partial charge >= 0.3 is 0 Å². The van der Waals surface area contributed by atoms with Crippen LogP contribution < -0.4 is 20.1 Å². The number of ether oxygens (including phenoxy) is 2. The van der Waals surface area contributed by atoms with Crippen LogP contribution in [-0.4, -0.2) is 57.3 Å². The third-order valence-corrected chi connectivity index (χ3v) is 5.00. The van der Waals surface area contributed by atoms with Gasteiger partial charge in [0.1, 0.15) is 0 Å². The summed E-state index contributed by atoms with van der Waals surface area (Å²) in [5.41, 5.74) is 1.04. The van der Waals surface area contributed by atoms with E-state index < -0.39 is 0 Å². The van der Waals surface area contributed by atoms with Gasteiger partial charge in [0.05, 0.1) is 18.2 Å². The largest absolute Gasteiger partial charge is 0.489 e. The molecule has 1 aromatic carbocycles. The van der Waals surface area contributed by atoms with Gasteiger partial charge in [0.25, 0.3) is 0 Å². The van der Waals surface area contributed by atoms with Gasteiger partial charge in [0.2, 0.25) is 0 Å². The van der Waals surface area contributed by atoms with Gasteiger partial charge in [-0.3, -0.25) is 4.99 Å². The van der Waals surface area contributed by atoms with Gasteiger partial charge in [-0.15, -0.1) is 0 Å². The fourth-order valence-electron chi connectivity index (χ4n) is 3.31. The second-order valence-corrected chi connectivity index (χ2v) is 7.12. The summed E-state index contributed by atoms with van der Waals surface area (Å²) in [4.78, 5) is 6.80. The Hall–Kier alpha value is -1.66. The van der Waals surface area contributed by atoms with Crippen molar-refractivity contribution in [3.8, 4) is 11.5 Å². The molecule has 0 saturated carbocycles. The van der Waals surface area contributed by atoms with Gasteiger partial charge in [-0.2, -0.15) is 0 Å². The molecule has 7 heteroatoms. The van der Waals surface area contributed by atoms with Crippen LogP contribution in [0.25, 0.3) is 0 Å². The molecule has 2 heterocycles. The lowest BCUT2D eigenvalue weighted by Crippen LogP contribution is -2.42. The highest BCUT2D eigenvalue weighted by atomic mass is 35.5. The van der Waals surface area contributed by atoms with Crippen molar-refractivity contribution in [1.82, 2.24) is 15.5 Å². The van der Waals surface area contributed by atoms with E-state index in [4.69, 9.17) is 21.1 Å². The van der Waals surface area contributed by atoms with E-state index in [1.165, 1.54) is 32.4 Å². The summed E-state index contributed by atoms with van der Waals surface area (Å²) in [6, 6.07) is 3.91. The third-order valence-electron chi connectivity index (χ3n) is 4.71. The molecule has 1 fully saturated rings. The van der Waals surface area contributed by atoms with Crippen molar-refractivity contribution in [3.63, 3.8) is 0 Å². The molecule has 0 atom stereocenters. The average Bonchev–Trinajstić information content (AvgIpc) is 2.91. The van der Waals surface area contributed by atoms with E-state index in [1.807, 2.05) is 12.1 Å². The molecule has 2 N–H and O–H groups in total. The Bertz CT molecular complexity index is 618. The Morgan fingerprint density at radius 2 is 1.92 bits per heavy atom. The Morgan fingerprint density at radius 3 is 2.73 bits per heavy atom. The summed E-state index contributed by atoms with van der Waals surface area (Å²) < 4.78 is 11.4. The van der Waals surface area contributed by atoms with Gasteiger partial charge in [-0.05, 0) is 43.6 Å². The molecular weight excluding hydrogens is 352 g/mol. The number of rotatable bonds is 5. The number of fused-ring (bicyclic) bond motifs is 1. The first-order chi connectivity index (χ1) is 12.8. The van der Waals surface area contributed by atoms with E-state index in [1.54, 1.807) is 7.05 Å². The molecule has 0 aliphatic carbocycles. The van der Waals surface area contributed by atoms with Crippen molar-refractivity contribution in [2.45, 2.75) is 32.2 Å². The fraction of sp³-hybridized carbons (Fsp3) is 0.632. The monoisotopic (exact) mass is 380 g/mol. The number of piperidine rings is 1. The zero-order valence-electron chi connectivity index (χ0n) is 15.5. The predicted octanol–water partition coefficient (Wildman–Crippen LogP) is 2.65. The second kappa shape index (κ2) is 9.88. The van der Waals surface area contributed by atoms with Crippen LogP contribution in [0.4, 0.5) is 0 Å². The molecule has 0 radical (unpaired) electrons. The summed E-state index contributed by atoms with van der Waals surface area (Å²) in [5, 5.41) is 7.31. The Labute approximate surface area is 160 Å². The third kappa shape index (κ3) is 5.42. The zero-order chi connectivity index (χ0) is 18.2. The van der Waals surface area contributed by atoms with Crippen molar-refractivity contribution in [1.29, 1.82) is 0 Å². The quantitative estimate of drug-likeness (QED) is 0.607. The minimum atomic E-state index is 0.592. The van der Waals surface area contributed by atoms with E-state index in [9.17, 15) is 0 Å². The summed E-state index contributed by atoms with van der Waals surface area (Å²) in [7, 11) is 1.79. The van der Waals surface area contributed by atoms with E-state index in [0.29, 0.717) is 30.5 Å². The lowest BCUT2D eigenvalue weighted by atomic mass is 10.1. The summed E-state index contributed by atoms with van der Waals surface area (Å²) in [5.74, 6) is 2.17. The van der Waals surface area contributed by atoms with Crippen LogP contribution in [0.15, 0.2) is 17.1 Å². The lowest BCUT2D eigenvalue weighted by Gasteiger charge is -2.26. The van der Waals surface area contributed by atoms with Crippen LogP contribution >= 0.6 is 11.6 Å². The Morgan fingerprint density at radius 1 is 1.12 bits per heavy atom. The van der Waals surface area contributed by atoms with Crippen molar-refractivity contribution in [2.24, 2.45) is 4.99 Å². The lowest BCUT2D eigenvalue weighted by molar-refractivity contribution is 0.232. The first-order valence-corrected chi connectivity index (χ1v) is 9.89. The highest BCUT2D eigenvalue weighted by Crippen LogP contribution is 2.37. The number of halogens is 1. The number of aliphatic imine (C=N–C) groups is 1. The number of benzene rings is 1. The molecule has 0 unspecified atom stereocenters. The van der Waals surface area contributed by atoms with E-state index >= 15 is 0 Å². The van der Waals surface area contributed by atoms with Crippen LogP contribution in [0.3, 0.4) is 0 Å². The van der Waals surface area contributed by atoms with Crippen molar-refractivity contribution < 1.29 is 9.47 Å². The van der Waals surface area contributed by atoms with Crippen LogP contribution in [0.2, 0.25) is 5.02 Å². The molecule has 6 nitrogen and oxygen atoms in total. The normalized spacial score (nSPS) is 18.3. The Balaban J connectivity index is 1.48. The van der Waals surface area contributed by atoms with Crippen molar-refractivity contribution >= 4 is 17.6 Å². The molecule has 1 saturated heterocycles. The zero-order valence-corrected chi connectivity index (χ0v) is 16.3. The summed E-state index contributed by atoms with van der Waals surface area (Å²) in [6.07, 6.45) is 4.87. The molecule has 144 valence electrons. The van der Waals surface area contributed by atoms with Crippen LogP contribution in [-0.2, 0) is 6.54 Å². The molecule has 2 aliphatic heterocycles.